The number of aromatic hydroxyl groups is 1. The van der Waals surface area contributed by atoms with Gasteiger partial charge in [0.2, 0.25) is 23.6 Å². The van der Waals surface area contributed by atoms with Gasteiger partial charge < -0.3 is 36.4 Å². The quantitative estimate of drug-likeness (QED) is 0.250. The van der Waals surface area contributed by atoms with E-state index in [0.29, 0.717) is 38.8 Å². The third-order valence-electron chi connectivity index (χ3n) is 7.70. The second-order valence-electron chi connectivity index (χ2n) is 10.7. The summed E-state index contributed by atoms with van der Waals surface area (Å²) in [6, 6.07) is 12.0. The summed E-state index contributed by atoms with van der Waals surface area (Å²) < 4.78 is 0. The van der Waals surface area contributed by atoms with Crippen molar-refractivity contribution in [2.24, 2.45) is 5.73 Å². The number of carboxylic acid groups (broad SMARTS) is 1. The number of carbonyl (C=O) groups is 5. The maximum atomic E-state index is 13.8. The molecule has 12 heteroatoms. The van der Waals surface area contributed by atoms with Crippen molar-refractivity contribution < 1.29 is 34.2 Å². The van der Waals surface area contributed by atoms with Gasteiger partial charge in [0.05, 0.1) is 6.04 Å². The number of carbonyl (C=O) groups excluding carboxylic acids is 4. The van der Waals surface area contributed by atoms with Crippen LogP contribution in [0.2, 0.25) is 0 Å². The van der Waals surface area contributed by atoms with E-state index in [0.717, 1.165) is 11.1 Å². The molecule has 4 amide bonds. The number of carboxylic acids is 1. The summed E-state index contributed by atoms with van der Waals surface area (Å²) in [6.45, 7) is 0.0999. The second kappa shape index (κ2) is 13.9. The number of phenolic OH excluding ortho intramolecular Hbond substituents is 1. The molecule has 12 nitrogen and oxygen atoms in total. The van der Waals surface area contributed by atoms with Gasteiger partial charge in [0.25, 0.3) is 0 Å². The fourth-order valence-electron chi connectivity index (χ4n) is 5.59. The largest absolute Gasteiger partial charge is 0.508 e. The molecule has 0 spiro atoms. The van der Waals surface area contributed by atoms with Gasteiger partial charge in [-0.1, -0.05) is 42.5 Å². The van der Waals surface area contributed by atoms with Crippen molar-refractivity contribution >= 4 is 29.6 Å². The fraction of sp³-hybridized carbons (Fsp3) is 0.433. The Labute approximate surface area is 243 Å². The summed E-state index contributed by atoms with van der Waals surface area (Å²) in [5.74, 6) is -2.93. The van der Waals surface area contributed by atoms with Gasteiger partial charge in [-0.15, -0.1) is 0 Å². The zero-order valence-corrected chi connectivity index (χ0v) is 23.3. The van der Waals surface area contributed by atoms with Gasteiger partial charge in [-0.3, -0.25) is 24.0 Å². The molecule has 2 aromatic rings. The van der Waals surface area contributed by atoms with E-state index in [1.807, 2.05) is 30.3 Å². The number of hydrogen-bond acceptors (Lipinski definition) is 7. The molecule has 6 N–H and O–H groups in total. The molecule has 0 aromatic heterocycles. The summed E-state index contributed by atoms with van der Waals surface area (Å²) in [7, 11) is 0. The van der Waals surface area contributed by atoms with Gasteiger partial charge in [-0.2, -0.15) is 0 Å². The molecule has 2 aromatic carbocycles. The fourth-order valence-corrected chi connectivity index (χ4v) is 5.59. The second-order valence-corrected chi connectivity index (χ2v) is 10.7. The van der Waals surface area contributed by atoms with Gasteiger partial charge in [0, 0.05) is 19.5 Å². The van der Waals surface area contributed by atoms with Gasteiger partial charge in [-0.25, -0.2) is 0 Å². The van der Waals surface area contributed by atoms with Crippen LogP contribution in [0.3, 0.4) is 0 Å². The maximum Gasteiger partial charge on any atom is 0.322 e. The molecule has 0 unspecified atom stereocenters. The van der Waals surface area contributed by atoms with E-state index >= 15 is 0 Å². The van der Waals surface area contributed by atoms with E-state index in [4.69, 9.17) is 10.8 Å². The first-order valence-corrected chi connectivity index (χ1v) is 14.1. The molecule has 2 aliphatic heterocycles. The van der Waals surface area contributed by atoms with Gasteiger partial charge >= 0.3 is 5.97 Å². The Morgan fingerprint density at radius 3 is 2.00 bits per heavy atom. The zero-order chi connectivity index (χ0) is 30.2. The van der Waals surface area contributed by atoms with Crippen LogP contribution in [0.5, 0.6) is 5.75 Å². The predicted molar refractivity (Wildman–Crippen MR) is 152 cm³/mol. The maximum absolute atomic E-state index is 13.8. The number of aliphatic carboxylic acids is 1. The summed E-state index contributed by atoms with van der Waals surface area (Å²) in [4.78, 5) is 67.2. The Morgan fingerprint density at radius 2 is 1.38 bits per heavy atom. The number of nitrogens with zero attached hydrogens (tertiary/aromatic N) is 2. The summed E-state index contributed by atoms with van der Waals surface area (Å²) in [6.07, 6.45) is 2.37. The van der Waals surface area contributed by atoms with Crippen LogP contribution < -0.4 is 16.4 Å². The van der Waals surface area contributed by atoms with Gasteiger partial charge in [-0.05, 0) is 55.4 Å². The molecule has 0 aliphatic carbocycles. The van der Waals surface area contributed by atoms with Gasteiger partial charge in [0.1, 0.15) is 30.4 Å². The normalized spacial score (nSPS) is 19.6. The monoisotopic (exact) mass is 579 g/mol. The highest BCUT2D eigenvalue weighted by molar-refractivity contribution is 5.96. The van der Waals surface area contributed by atoms with Crippen LogP contribution in [0.15, 0.2) is 54.6 Å². The molecule has 4 atom stereocenters. The van der Waals surface area contributed by atoms with E-state index in [1.54, 1.807) is 12.1 Å². The molecular formula is C30H37N5O7. The average Bonchev–Trinajstić information content (AvgIpc) is 3.67. The Morgan fingerprint density at radius 1 is 0.810 bits per heavy atom. The Hall–Kier alpha value is -4.45. The summed E-state index contributed by atoms with van der Waals surface area (Å²) in [5.41, 5.74) is 7.81. The third-order valence-corrected chi connectivity index (χ3v) is 7.70. The minimum Gasteiger partial charge on any atom is -0.508 e. The van der Waals surface area contributed by atoms with E-state index in [1.165, 1.54) is 21.9 Å². The third kappa shape index (κ3) is 7.64. The van der Waals surface area contributed by atoms with Crippen molar-refractivity contribution in [3.63, 3.8) is 0 Å². The van der Waals surface area contributed by atoms with Crippen molar-refractivity contribution in [1.29, 1.82) is 0 Å². The van der Waals surface area contributed by atoms with Crippen LogP contribution >= 0.6 is 0 Å². The average molecular weight is 580 g/mol. The Kier molecular flexibility index (Phi) is 10.1. The molecule has 0 bridgehead atoms. The lowest BCUT2D eigenvalue weighted by Gasteiger charge is -2.31. The number of phenols is 1. The topological polar surface area (TPSA) is 182 Å². The highest BCUT2D eigenvalue weighted by atomic mass is 16.4. The van der Waals surface area contributed by atoms with Crippen LogP contribution in [0.1, 0.15) is 36.8 Å². The number of likely N-dealkylation sites (tertiary alicyclic amines) is 2. The van der Waals surface area contributed by atoms with Gasteiger partial charge in [0.15, 0.2) is 0 Å². The first-order valence-electron chi connectivity index (χ1n) is 14.1. The number of nitrogens with one attached hydrogen (secondary N) is 2. The van der Waals surface area contributed by atoms with Crippen molar-refractivity contribution in [3.8, 4) is 5.75 Å². The molecule has 0 saturated carbocycles. The van der Waals surface area contributed by atoms with Crippen molar-refractivity contribution in [3.05, 3.63) is 65.7 Å². The molecule has 224 valence electrons. The lowest BCUT2D eigenvalue weighted by molar-refractivity contribution is -0.144. The van der Waals surface area contributed by atoms with E-state index < -0.39 is 54.4 Å². The molecule has 2 fully saturated rings. The summed E-state index contributed by atoms with van der Waals surface area (Å²) in [5, 5.41) is 23.6. The first-order chi connectivity index (χ1) is 20.1. The molecule has 42 heavy (non-hydrogen) atoms. The minimum atomic E-state index is -1.19. The highest BCUT2D eigenvalue weighted by Crippen LogP contribution is 2.22. The smallest absolute Gasteiger partial charge is 0.322 e. The van der Waals surface area contributed by atoms with Crippen molar-refractivity contribution in [1.82, 2.24) is 20.4 Å². The van der Waals surface area contributed by atoms with Crippen LogP contribution in [0.25, 0.3) is 0 Å². The number of amides is 4. The molecule has 2 aliphatic rings. The first kappa shape index (κ1) is 30.5. The van der Waals surface area contributed by atoms with Crippen LogP contribution in [0, 0.1) is 0 Å². The minimum absolute atomic E-state index is 0.107. The number of nitrogens with two attached hydrogens (primary N) is 1. The van der Waals surface area contributed by atoms with Crippen molar-refractivity contribution in [2.45, 2.75) is 62.7 Å². The molecule has 2 saturated heterocycles. The SMILES string of the molecule is N[C@@H](Cc1ccc(O)cc1)C(=O)N1CCC[C@H]1C(=O)N[C@@H](Cc1ccccc1)C(=O)N1CCC[C@H]1C(=O)NCC(=O)O. The number of hydrogen-bond donors (Lipinski definition) is 5. The highest BCUT2D eigenvalue weighted by Gasteiger charge is 2.41. The zero-order valence-electron chi connectivity index (χ0n) is 23.3. The molecule has 4 rings (SSSR count). The molecule has 2 heterocycles. The number of benzene rings is 2. The van der Waals surface area contributed by atoms with E-state index in [2.05, 4.69) is 10.6 Å². The van der Waals surface area contributed by atoms with Crippen LogP contribution in [-0.2, 0) is 36.8 Å². The van der Waals surface area contributed by atoms with Crippen LogP contribution in [0.4, 0.5) is 0 Å². The van der Waals surface area contributed by atoms with E-state index in [-0.39, 0.29) is 24.5 Å². The molecule has 0 radical (unpaired) electrons. The van der Waals surface area contributed by atoms with Crippen molar-refractivity contribution in [2.75, 3.05) is 19.6 Å². The molecular weight excluding hydrogens is 542 g/mol. The lowest BCUT2D eigenvalue weighted by atomic mass is 10.0. The van der Waals surface area contributed by atoms with E-state index in [9.17, 15) is 29.1 Å². The lowest BCUT2D eigenvalue weighted by Crippen LogP contribution is -2.58. The summed E-state index contributed by atoms with van der Waals surface area (Å²) >= 11 is 0. The number of rotatable bonds is 11. The predicted octanol–water partition coefficient (Wildman–Crippen LogP) is 0.172. The standard InChI is InChI=1S/C30H37N5O7/c31-22(16-20-10-12-21(36)13-11-20)29(41)34-14-5-9-25(34)28(40)33-23(17-19-6-2-1-3-7-19)30(42)35-15-4-8-24(35)27(39)32-18-26(37)38/h1-3,6-7,10-13,22-25,36H,4-5,8-9,14-18,31H2,(H,32,39)(H,33,40)(H,37,38)/t22-,23-,24-,25-/m0/s1. The van der Waals surface area contributed by atoms with Crippen LogP contribution in [-0.4, -0.2) is 93.4 Å². The Balaban J connectivity index is 1.47. The Bertz CT molecular complexity index is 1290.